The van der Waals surface area contributed by atoms with Crippen LogP contribution in [0.5, 0.6) is 0 Å². The number of hydrogen-bond donors (Lipinski definition) is 2. The molecule has 10 nitrogen and oxygen atoms in total. The van der Waals surface area contributed by atoms with Gasteiger partial charge >= 0.3 is 5.69 Å². The third-order valence-corrected chi connectivity index (χ3v) is 1.99. The van der Waals surface area contributed by atoms with E-state index in [-0.39, 0.29) is 23.1 Å². The highest BCUT2D eigenvalue weighted by Crippen LogP contribution is 2.23. The molecular weight excluding hydrogens is 228 g/mol. The van der Waals surface area contributed by atoms with E-state index in [9.17, 15) is 10.1 Å². The highest BCUT2D eigenvalue weighted by molar-refractivity contribution is 5.52. The number of aromatic nitrogens is 5. The van der Waals surface area contributed by atoms with E-state index >= 15 is 0 Å². The van der Waals surface area contributed by atoms with Crippen molar-refractivity contribution in [1.82, 2.24) is 24.7 Å². The number of nitrogen functional groups attached to an aromatic ring is 1. The number of hydrogen-bond acceptors (Lipinski definition) is 8. The Labute approximate surface area is 94.6 Å². The standard InChI is InChI=1S/C7H8N8O2/c1-4-5(15(16)17)6(12-7(11-4)13-8)14-3-9-2-10-14/h2-3H,8H2,1H3,(H,11,12,13). The van der Waals surface area contributed by atoms with Crippen molar-refractivity contribution in [3.05, 3.63) is 28.5 Å². The molecule has 0 unspecified atom stereocenters. The van der Waals surface area contributed by atoms with E-state index in [1.807, 2.05) is 0 Å². The molecule has 0 atom stereocenters. The smallest absolute Gasteiger partial charge is 0.292 e. The third kappa shape index (κ3) is 1.88. The predicted molar refractivity (Wildman–Crippen MR) is 56.2 cm³/mol. The zero-order valence-electron chi connectivity index (χ0n) is 8.73. The molecule has 2 aromatic rings. The zero-order chi connectivity index (χ0) is 12.4. The van der Waals surface area contributed by atoms with Crippen LogP contribution in [0.1, 0.15) is 5.69 Å². The van der Waals surface area contributed by atoms with Gasteiger partial charge in [-0.2, -0.15) is 14.8 Å². The number of hydrazine groups is 1. The second-order valence-corrected chi connectivity index (χ2v) is 3.05. The second kappa shape index (κ2) is 4.09. The maximum absolute atomic E-state index is 10.9. The minimum Gasteiger partial charge on any atom is -0.292 e. The third-order valence-electron chi connectivity index (χ3n) is 1.99. The Balaban J connectivity index is 2.70. The average Bonchev–Trinajstić information content (AvgIpc) is 2.80. The maximum Gasteiger partial charge on any atom is 0.334 e. The highest BCUT2D eigenvalue weighted by atomic mass is 16.6. The molecule has 2 rings (SSSR count). The SMILES string of the molecule is Cc1nc(NN)nc(-n2cncn2)c1[N+](=O)[O-]. The van der Waals surface area contributed by atoms with Gasteiger partial charge in [0.1, 0.15) is 18.3 Å². The number of nitrogens with one attached hydrogen (secondary N) is 1. The van der Waals surface area contributed by atoms with Gasteiger partial charge in [0, 0.05) is 0 Å². The number of rotatable bonds is 3. The molecule has 0 bridgehead atoms. The van der Waals surface area contributed by atoms with Crippen molar-refractivity contribution in [2.45, 2.75) is 6.92 Å². The lowest BCUT2D eigenvalue weighted by atomic mass is 10.3. The van der Waals surface area contributed by atoms with Gasteiger partial charge in [-0.3, -0.25) is 15.5 Å². The van der Waals surface area contributed by atoms with Crippen LogP contribution in [0.25, 0.3) is 5.82 Å². The summed E-state index contributed by atoms with van der Waals surface area (Å²) in [6, 6.07) is 0. The first kappa shape index (κ1) is 10.9. The molecule has 17 heavy (non-hydrogen) atoms. The Kier molecular flexibility index (Phi) is 2.62. The van der Waals surface area contributed by atoms with Crippen LogP contribution >= 0.6 is 0 Å². The molecule has 0 aliphatic heterocycles. The Morgan fingerprint density at radius 1 is 1.53 bits per heavy atom. The molecule has 2 heterocycles. The van der Waals surface area contributed by atoms with Crippen molar-refractivity contribution in [3.63, 3.8) is 0 Å². The van der Waals surface area contributed by atoms with Crippen molar-refractivity contribution < 1.29 is 4.92 Å². The van der Waals surface area contributed by atoms with Crippen LogP contribution in [0.2, 0.25) is 0 Å². The summed E-state index contributed by atoms with van der Waals surface area (Å²) in [6.07, 6.45) is 2.55. The number of nitro groups is 1. The molecule has 0 fully saturated rings. The summed E-state index contributed by atoms with van der Waals surface area (Å²) in [5.41, 5.74) is 2.17. The number of nitrogens with zero attached hydrogens (tertiary/aromatic N) is 6. The van der Waals surface area contributed by atoms with E-state index in [0.29, 0.717) is 0 Å². The molecular formula is C7H8N8O2. The molecule has 2 aromatic heterocycles. The highest BCUT2D eigenvalue weighted by Gasteiger charge is 2.23. The van der Waals surface area contributed by atoms with Crippen LogP contribution in [0.15, 0.2) is 12.7 Å². The molecule has 0 saturated carbocycles. The summed E-state index contributed by atoms with van der Waals surface area (Å²) in [4.78, 5) is 21.8. The number of anilines is 1. The van der Waals surface area contributed by atoms with E-state index < -0.39 is 4.92 Å². The minimum atomic E-state index is -0.577. The summed E-state index contributed by atoms with van der Waals surface area (Å²) in [6.45, 7) is 1.49. The summed E-state index contributed by atoms with van der Waals surface area (Å²) >= 11 is 0. The minimum absolute atomic E-state index is 0.00736. The fourth-order valence-corrected chi connectivity index (χ4v) is 1.31. The van der Waals surface area contributed by atoms with Gasteiger partial charge in [-0.1, -0.05) is 0 Å². The van der Waals surface area contributed by atoms with Gasteiger partial charge in [0.05, 0.1) is 4.92 Å². The lowest BCUT2D eigenvalue weighted by Gasteiger charge is -2.05. The molecule has 88 valence electrons. The van der Waals surface area contributed by atoms with E-state index in [2.05, 4.69) is 25.5 Å². The van der Waals surface area contributed by atoms with Crippen LogP contribution in [0.3, 0.4) is 0 Å². The summed E-state index contributed by atoms with van der Waals surface area (Å²) < 4.78 is 1.17. The van der Waals surface area contributed by atoms with Crippen molar-refractivity contribution in [2.75, 3.05) is 5.43 Å². The first-order valence-electron chi connectivity index (χ1n) is 4.48. The molecule has 0 spiro atoms. The summed E-state index contributed by atoms with van der Waals surface area (Å²) in [5, 5.41) is 14.7. The molecule has 0 aromatic carbocycles. The largest absolute Gasteiger partial charge is 0.334 e. The van der Waals surface area contributed by atoms with Gasteiger partial charge in [-0.05, 0) is 6.92 Å². The topological polar surface area (TPSA) is 138 Å². The van der Waals surface area contributed by atoms with E-state index in [1.165, 1.54) is 24.3 Å². The lowest BCUT2D eigenvalue weighted by Crippen LogP contribution is -2.15. The molecule has 0 amide bonds. The van der Waals surface area contributed by atoms with E-state index in [0.717, 1.165) is 0 Å². The molecule has 10 heteroatoms. The summed E-state index contributed by atoms with van der Waals surface area (Å²) in [5.74, 6) is 5.25. The van der Waals surface area contributed by atoms with Gasteiger partial charge in [0.25, 0.3) is 0 Å². The fraction of sp³-hybridized carbons (Fsp3) is 0.143. The van der Waals surface area contributed by atoms with Crippen molar-refractivity contribution >= 4 is 11.6 Å². The van der Waals surface area contributed by atoms with E-state index in [4.69, 9.17) is 5.84 Å². The predicted octanol–water partition coefficient (Wildman–Crippen LogP) is -0.440. The van der Waals surface area contributed by atoms with Gasteiger partial charge in [-0.15, -0.1) is 0 Å². The number of nitrogens with two attached hydrogens (primary N) is 1. The van der Waals surface area contributed by atoms with Crippen LogP contribution in [-0.4, -0.2) is 29.7 Å². The van der Waals surface area contributed by atoms with Crippen molar-refractivity contribution in [3.8, 4) is 5.82 Å². The zero-order valence-corrected chi connectivity index (χ0v) is 8.73. The van der Waals surface area contributed by atoms with Crippen LogP contribution in [0.4, 0.5) is 11.6 Å². The van der Waals surface area contributed by atoms with Gasteiger partial charge < -0.3 is 0 Å². The molecule has 0 aliphatic rings. The fourth-order valence-electron chi connectivity index (χ4n) is 1.31. The van der Waals surface area contributed by atoms with Crippen LogP contribution in [-0.2, 0) is 0 Å². The summed E-state index contributed by atoms with van der Waals surface area (Å²) in [7, 11) is 0. The molecule has 3 N–H and O–H groups in total. The van der Waals surface area contributed by atoms with Gasteiger partial charge in [0.2, 0.25) is 11.8 Å². The Morgan fingerprint density at radius 3 is 2.82 bits per heavy atom. The second-order valence-electron chi connectivity index (χ2n) is 3.05. The normalized spacial score (nSPS) is 10.2. The average molecular weight is 236 g/mol. The molecule has 0 radical (unpaired) electrons. The lowest BCUT2D eigenvalue weighted by molar-refractivity contribution is -0.385. The van der Waals surface area contributed by atoms with Crippen LogP contribution in [0, 0.1) is 17.0 Å². The number of aryl methyl sites for hydroxylation is 1. The van der Waals surface area contributed by atoms with Crippen molar-refractivity contribution in [1.29, 1.82) is 0 Å². The van der Waals surface area contributed by atoms with E-state index in [1.54, 1.807) is 0 Å². The maximum atomic E-state index is 10.9. The van der Waals surface area contributed by atoms with Gasteiger partial charge in [0.15, 0.2) is 0 Å². The quantitative estimate of drug-likeness (QED) is 0.415. The van der Waals surface area contributed by atoms with Crippen LogP contribution < -0.4 is 11.3 Å². The van der Waals surface area contributed by atoms with Crippen molar-refractivity contribution in [2.24, 2.45) is 5.84 Å². The first-order chi connectivity index (χ1) is 8.13. The van der Waals surface area contributed by atoms with Gasteiger partial charge in [-0.25, -0.2) is 15.8 Å². The Hall–Kier alpha value is -2.62. The molecule has 0 aliphatic carbocycles. The monoisotopic (exact) mass is 236 g/mol. The Morgan fingerprint density at radius 2 is 2.29 bits per heavy atom. The molecule has 0 saturated heterocycles. The Bertz CT molecular complexity index is 551. The first-order valence-corrected chi connectivity index (χ1v) is 4.48.